The van der Waals surface area contributed by atoms with Crippen LogP contribution >= 0.6 is 0 Å². The van der Waals surface area contributed by atoms with Crippen LogP contribution in [0.2, 0.25) is 0 Å². The zero-order valence-corrected chi connectivity index (χ0v) is 12.1. The molecule has 122 valence electrons. The van der Waals surface area contributed by atoms with E-state index in [1.807, 2.05) is 6.92 Å². The molecule has 1 saturated heterocycles. The van der Waals surface area contributed by atoms with Gasteiger partial charge in [0.2, 0.25) is 5.91 Å². The Hall–Kier alpha value is -1.83. The van der Waals surface area contributed by atoms with Crippen molar-refractivity contribution >= 4 is 5.91 Å². The van der Waals surface area contributed by atoms with Gasteiger partial charge in [-0.05, 0) is 12.5 Å². The number of pyridine rings is 1. The second kappa shape index (κ2) is 6.51. The number of morpholine rings is 1. The molecule has 1 fully saturated rings. The van der Waals surface area contributed by atoms with Crippen LogP contribution in [0.15, 0.2) is 23.1 Å². The highest BCUT2D eigenvalue weighted by Gasteiger charge is 2.31. The Bertz CT molecular complexity index is 598. The monoisotopic (exact) mass is 318 g/mol. The third-order valence-electron chi connectivity index (χ3n) is 3.56. The minimum atomic E-state index is -4.55. The van der Waals surface area contributed by atoms with Crippen LogP contribution in [0.5, 0.6) is 0 Å². The van der Waals surface area contributed by atoms with Crippen LogP contribution in [0.4, 0.5) is 13.2 Å². The van der Waals surface area contributed by atoms with Crippen LogP contribution in [-0.4, -0.2) is 41.2 Å². The Balaban J connectivity index is 2.13. The van der Waals surface area contributed by atoms with Crippen LogP contribution in [-0.2, 0) is 22.3 Å². The van der Waals surface area contributed by atoms with Crippen molar-refractivity contribution in [3.05, 3.63) is 34.2 Å². The third-order valence-corrected chi connectivity index (χ3v) is 3.56. The molecule has 1 aliphatic rings. The van der Waals surface area contributed by atoms with Gasteiger partial charge in [0.05, 0.1) is 18.3 Å². The number of rotatable bonds is 3. The molecule has 1 aromatic rings. The van der Waals surface area contributed by atoms with Crippen molar-refractivity contribution in [1.29, 1.82) is 0 Å². The quantitative estimate of drug-likeness (QED) is 0.849. The summed E-state index contributed by atoms with van der Waals surface area (Å²) in [5, 5.41) is 0. The van der Waals surface area contributed by atoms with Crippen molar-refractivity contribution in [1.82, 2.24) is 9.47 Å². The summed E-state index contributed by atoms with van der Waals surface area (Å²) in [6.45, 7) is 2.68. The molecule has 0 N–H and O–H groups in total. The smallest absolute Gasteiger partial charge is 0.375 e. The molecular weight excluding hydrogens is 301 g/mol. The van der Waals surface area contributed by atoms with E-state index >= 15 is 0 Å². The summed E-state index contributed by atoms with van der Waals surface area (Å²) in [6, 6.07) is 1.54. The number of nitrogens with zero attached hydrogens (tertiary/aromatic N) is 2. The fourth-order valence-corrected chi connectivity index (χ4v) is 2.26. The van der Waals surface area contributed by atoms with Crippen LogP contribution in [0.3, 0.4) is 0 Å². The minimum absolute atomic E-state index is 0.0732. The number of aromatic nitrogens is 1. The van der Waals surface area contributed by atoms with E-state index in [1.165, 1.54) is 4.90 Å². The van der Waals surface area contributed by atoms with E-state index in [4.69, 9.17) is 4.74 Å². The highest BCUT2D eigenvalue weighted by molar-refractivity contribution is 5.76. The molecule has 2 heterocycles. The Morgan fingerprint density at radius 3 is 2.77 bits per heavy atom. The van der Waals surface area contributed by atoms with Gasteiger partial charge in [0.15, 0.2) is 0 Å². The standard InChI is InChI=1S/C14H17F3N2O3/c1-2-11-8-18(5-6-22-11)13(21)9-19-7-10(14(15,16)17)3-4-12(19)20/h3-4,7,11H,2,5-6,8-9H2,1H3/t11-/m0/s1. The Labute approximate surface area is 125 Å². The molecule has 5 nitrogen and oxygen atoms in total. The largest absolute Gasteiger partial charge is 0.417 e. The maximum atomic E-state index is 12.7. The number of hydrogen-bond donors (Lipinski definition) is 0. The molecule has 0 aromatic carbocycles. The first-order chi connectivity index (χ1) is 10.3. The lowest BCUT2D eigenvalue weighted by molar-refractivity contribution is -0.141. The summed E-state index contributed by atoms with van der Waals surface area (Å²) in [6.07, 6.45) is -3.20. The number of hydrogen-bond acceptors (Lipinski definition) is 3. The van der Waals surface area contributed by atoms with Crippen molar-refractivity contribution in [2.24, 2.45) is 0 Å². The van der Waals surface area contributed by atoms with Crippen LogP contribution in [0.25, 0.3) is 0 Å². The van der Waals surface area contributed by atoms with Gasteiger partial charge in [-0.3, -0.25) is 9.59 Å². The van der Waals surface area contributed by atoms with E-state index in [1.54, 1.807) is 0 Å². The van der Waals surface area contributed by atoms with Gasteiger partial charge < -0.3 is 14.2 Å². The minimum Gasteiger partial charge on any atom is -0.375 e. The van der Waals surface area contributed by atoms with Crippen molar-refractivity contribution < 1.29 is 22.7 Å². The second-order valence-corrected chi connectivity index (χ2v) is 5.12. The summed E-state index contributed by atoms with van der Waals surface area (Å²) < 4.78 is 44.2. The lowest BCUT2D eigenvalue weighted by Crippen LogP contribution is -2.47. The summed E-state index contributed by atoms with van der Waals surface area (Å²) in [4.78, 5) is 25.3. The molecule has 1 atom stereocenters. The average Bonchev–Trinajstić information content (AvgIpc) is 2.48. The summed E-state index contributed by atoms with van der Waals surface area (Å²) in [5.74, 6) is -0.386. The predicted molar refractivity (Wildman–Crippen MR) is 72.3 cm³/mol. The fourth-order valence-electron chi connectivity index (χ4n) is 2.26. The topological polar surface area (TPSA) is 51.5 Å². The second-order valence-electron chi connectivity index (χ2n) is 5.12. The van der Waals surface area contributed by atoms with Crippen molar-refractivity contribution in [2.45, 2.75) is 32.2 Å². The number of amides is 1. The molecule has 0 radical (unpaired) electrons. The van der Waals surface area contributed by atoms with Crippen molar-refractivity contribution in [2.75, 3.05) is 19.7 Å². The highest BCUT2D eigenvalue weighted by Crippen LogP contribution is 2.28. The van der Waals surface area contributed by atoms with Gasteiger partial charge in [0, 0.05) is 25.4 Å². The van der Waals surface area contributed by atoms with Crippen molar-refractivity contribution in [3.63, 3.8) is 0 Å². The number of carbonyl (C=O) groups excluding carboxylic acids is 1. The van der Waals surface area contributed by atoms with E-state index in [9.17, 15) is 22.8 Å². The number of carbonyl (C=O) groups is 1. The summed E-state index contributed by atoms with van der Waals surface area (Å²) >= 11 is 0. The molecular formula is C14H17F3N2O3. The van der Waals surface area contributed by atoms with Gasteiger partial charge in [0.1, 0.15) is 6.54 Å². The third kappa shape index (κ3) is 3.88. The first-order valence-electron chi connectivity index (χ1n) is 6.98. The maximum absolute atomic E-state index is 12.7. The van der Waals surface area contributed by atoms with Crippen molar-refractivity contribution in [3.8, 4) is 0 Å². The number of halogens is 3. The van der Waals surface area contributed by atoms with E-state index in [2.05, 4.69) is 0 Å². The molecule has 0 bridgehead atoms. The molecule has 1 amide bonds. The molecule has 1 aromatic heterocycles. The first kappa shape index (κ1) is 16.5. The first-order valence-corrected chi connectivity index (χ1v) is 6.98. The lowest BCUT2D eigenvalue weighted by atomic mass is 10.2. The normalized spacial score (nSPS) is 19.3. The van der Waals surface area contributed by atoms with E-state index < -0.39 is 23.8 Å². The molecule has 0 saturated carbocycles. The summed E-state index contributed by atoms with van der Waals surface area (Å²) in [7, 11) is 0. The van der Waals surface area contributed by atoms with Gasteiger partial charge >= 0.3 is 6.18 Å². The Kier molecular flexibility index (Phi) is 4.90. The number of ether oxygens (including phenoxy) is 1. The maximum Gasteiger partial charge on any atom is 0.417 e. The van der Waals surface area contributed by atoms with Crippen LogP contribution < -0.4 is 5.56 Å². The molecule has 22 heavy (non-hydrogen) atoms. The fraction of sp³-hybridized carbons (Fsp3) is 0.571. The lowest BCUT2D eigenvalue weighted by Gasteiger charge is -2.32. The average molecular weight is 318 g/mol. The molecule has 1 aliphatic heterocycles. The molecule has 0 spiro atoms. The van der Waals surface area contributed by atoms with E-state index in [0.29, 0.717) is 32.0 Å². The Morgan fingerprint density at radius 1 is 1.41 bits per heavy atom. The predicted octanol–water partition coefficient (Wildman–Crippen LogP) is 1.50. The van der Waals surface area contributed by atoms with Crippen LogP contribution in [0.1, 0.15) is 18.9 Å². The summed E-state index contributed by atoms with van der Waals surface area (Å²) in [5.41, 5.74) is -1.59. The van der Waals surface area contributed by atoms with Gasteiger partial charge in [-0.25, -0.2) is 0 Å². The zero-order valence-electron chi connectivity index (χ0n) is 12.1. The SMILES string of the molecule is CC[C@H]1CN(C(=O)Cn2cc(C(F)(F)F)ccc2=O)CCO1. The van der Waals surface area contributed by atoms with Crippen LogP contribution in [0, 0.1) is 0 Å². The van der Waals surface area contributed by atoms with Gasteiger partial charge in [-0.1, -0.05) is 6.92 Å². The van der Waals surface area contributed by atoms with Gasteiger partial charge in [-0.15, -0.1) is 0 Å². The highest BCUT2D eigenvalue weighted by atomic mass is 19.4. The molecule has 0 aliphatic carbocycles. The molecule has 0 unspecified atom stereocenters. The van der Waals surface area contributed by atoms with E-state index in [-0.39, 0.29) is 12.0 Å². The van der Waals surface area contributed by atoms with Gasteiger partial charge in [0.25, 0.3) is 5.56 Å². The van der Waals surface area contributed by atoms with Gasteiger partial charge in [-0.2, -0.15) is 13.2 Å². The van der Waals surface area contributed by atoms with E-state index in [0.717, 1.165) is 17.1 Å². The Morgan fingerprint density at radius 2 is 2.14 bits per heavy atom. The molecule has 8 heteroatoms. The number of alkyl halides is 3. The molecule has 2 rings (SSSR count). The zero-order chi connectivity index (χ0) is 16.3.